The zero-order valence-electron chi connectivity index (χ0n) is 27.6. The van der Waals surface area contributed by atoms with Gasteiger partial charge in [-0.2, -0.15) is 0 Å². The van der Waals surface area contributed by atoms with E-state index in [-0.39, 0.29) is 0 Å². The molecule has 0 saturated carbocycles. The van der Waals surface area contributed by atoms with Gasteiger partial charge in [-0.3, -0.25) is 0 Å². The molecular formula is C48H30N2S. The molecule has 0 N–H and O–H groups in total. The van der Waals surface area contributed by atoms with Crippen LogP contribution in [0.5, 0.6) is 0 Å². The van der Waals surface area contributed by atoms with Crippen molar-refractivity contribution in [2.24, 2.45) is 0 Å². The summed E-state index contributed by atoms with van der Waals surface area (Å²) < 4.78 is 2.52. The van der Waals surface area contributed by atoms with Crippen LogP contribution in [0.2, 0.25) is 0 Å². The van der Waals surface area contributed by atoms with E-state index in [4.69, 9.17) is 9.97 Å². The lowest BCUT2D eigenvalue weighted by molar-refractivity contribution is 1.19. The zero-order chi connectivity index (χ0) is 33.7. The topological polar surface area (TPSA) is 25.8 Å². The minimum Gasteiger partial charge on any atom is -0.228 e. The highest BCUT2D eigenvalue weighted by atomic mass is 32.1. The minimum absolute atomic E-state index is 0.724. The van der Waals surface area contributed by atoms with E-state index in [0.717, 1.165) is 33.9 Å². The first-order chi connectivity index (χ1) is 25.3. The molecule has 2 heterocycles. The monoisotopic (exact) mass is 666 g/mol. The van der Waals surface area contributed by atoms with Crippen LogP contribution in [0.15, 0.2) is 182 Å². The summed E-state index contributed by atoms with van der Waals surface area (Å²) in [5.41, 5.74) is 9.74. The van der Waals surface area contributed by atoms with Gasteiger partial charge in [0.15, 0.2) is 5.82 Å². The number of hydrogen-bond acceptors (Lipinski definition) is 3. The first kappa shape index (κ1) is 29.5. The second-order valence-electron chi connectivity index (χ2n) is 13.0. The Morgan fingerprint density at radius 1 is 0.353 bits per heavy atom. The highest BCUT2D eigenvalue weighted by Gasteiger charge is 2.20. The van der Waals surface area contributed by atoms with Crippen molar-refractivity contribution in [1.29, 1.82) is 0 Å². The fourth-order valence-electron chi connectivity index (χ4n) is 7.36. The van der Waals surface area contributed by atoms with Gasteiger partial charge < -0.3 is 0 Å². The van der Waals surface area contributed by atoms with Crippen LogP contribution in [0.25, 0.3) is 97.9 Å². The summed E-state index contributed by atoms with van der Waals surface area (Å²) >= 11 is 1.85. The van der Waals surface area contributed by atoms with E-state index in [0.29, 0.717) is 0 Å². The van der Waals surface area contributed by atoms with Crippen molar-refractivity contribution in [1.82, 2.24) is 9.97 Å². The molecule has 0 amide bonds. The predicted octanol–water partition coefficient (Wildman–Crippen LogP) is 13.5. The van der Waals surface area contributed by atoms with Crippen molar-refractivity contribution in [3.8, 4) is 56.2 Å². The lowest BCUT2D eigenvalue weighted by Crippen LogP contribution is -1.97. The van der Waals surface area contributed by atoms with Gasteiger partial charge in [-0.1, -0.05) is 158 Å². The average molecular weight is 667 g/mol. The van der Waals surface area contributed by atoms with E-state index in [9.17, 15) is 0 Å². The lowest BCUT2D eigenvalue weighted by atomic mass is 9.93. The Labute approximate surface area is 300 Å². The molecule has 0 atom stereocenters. The number of rotatable bonds is 5. The number of fused-ring (bicyclic) bond motifs is 6. The second-order valence-corrected chi connectivity index (χ2v) is 14.0. The summed E-state index contributed by atoms with van der Waals surface area (Å²) in [6.07, 6.45) is 0. The summed E-state index contributed by atoms with van der Waals surface area (Å²) in [7, 11) is 0. The quantitative estimate of drug-likeness (QED) is 0.183. The summed E-state index contributed by atoms with van der Waals surface area (Å²) in [5.74, 6) is 0.724. The van der Waals surface area contributed by atoms with Crippen LogP contribution in [0, 0.1) is 0 Å². The summed E-state index contributed by atoms with van der Waals surface area (Å²) in [4.78, 5) is 10.7. The largest absolute Gasteiger partial charge is 0.228 e. The van der Waals surface area contributed by atoms with Gasteiger partial charge in [0.25, 0.3) is 0 Å². The molecule has 0 aliphatic rings. The van der Waals surface area contributed by atoms with Gasteiger partial charge in [-0.05, 0) is 62.7 Å². The zero-order valence-corrected chi connectivity index (χ0v) is 28.4. The molecule has 0 radical (unpaired) electrons. The van der Waals surface area contributed by atoms with Gasteiger partial charge in [-0.25, -0.2) is 9.97 Å². The van der Waals surface area contributed by atoms with Crippen LogP contribution in [0.4, 0.5) is 0 Å². The van der Waals surface area contributed by atoms with E-state index >= 15 is 0 Å². The molecule has 8 aromatic carbocycles. The third-order valence-corrected chi connectivity index (χ3v) is 11.1. The van der Waals surface area contributed by atoms with E-state index in [1.165, 1.54) is 64.0 Å². The highest BCUT2D eigenvalue weighted by molar-refractivity contribution is 7.26. The molecule has 10 aromatic rings. The van der Waals surface area contributed by atoms with Crippen molar-refractivity contribution in [2.45, 2.75) is 0 Å². The maximum absolute atomic E-state index is 5.38. The third-order valence-electron chi connectivity index (χ3n) is 9.89. The van der Waals surface area contributed by atoms with Crippen molar-refractivity contribution >= 4 is 53.1 Å². The summed E-state index contributed by atoms with van der Waals surface area (Å²) in [6, 6.07) is 64.9. The van der Waals surface area contributed by atoms with Gasteiger partial charge in [0.05, 0.1) is 11.4 Å². The standard InChI is InChI=1S/C48H30N2S/c1-3-12-31(13-4-1)33-22-25-35(26-23-33)44-30-43(34-15-5-2-6-16-34)49-48(50-44)42-29-41-38(37-27-24-32-14-7-8-17-36(32)28-37)19-11-20-39(41)47-46(42)40-18-9-10-21-45(40)51-47/h1-30H. The SMILES string of the molecule is c1ccc(-c2ccc(-c3cc(-c4ccccc4)nc(-c4cc5c(-c6ccc7ccccc7c6)cccc5c5sc6ccccc6c45)n3)cc2)cc1. The lowest BCUT2D eigenvalue weighted by Gasteiger charge is -2.14. The van der Waals surface area contributed by atoms with E-state index in [1.54, 1.807) is 0 Å². The number of hydrogen-bond donors (Lipinski definition) is 0. The molecule has 0 saturated heterocycles. The molecule has 238 valence electrons. The van der Waals surface area contributed by atoms with E-state index in [2.05, 4.69) is 176 Å². The maximum atomic E-state index is 5.38. The maximum Gasteiger partial charge on any atom is 0.161 e. The molecule has 10 rings (SSSR count). The molecule has 51 heavy (non-hydrogen) atoms. The Morgan fingerprint density at radius 2 is 0.941 bits per heavy atom. The Bertz CT molecular complexity index is 2890. The van der Waals surface area contributed by atoms with Crippen molar-refractivity contribution in [2.75, 3.05) is 0 Å². The van der Waals surface area contributed by atoms with Crippen LogP contribution >= 0.6 is 11.3 Å². The van der Waals surface area contributed by atoms with Gasteiger partial charge >= 0.3 is 0 Å². The van der Waals surface area contributed by atoms with Crippen LogP contribution in [0.1, 0.15) is 0 Å². The van der Waals surface area contributed by atoms with Crippen LogP contribution < -0.4 is 0 Å². The Kier molecular flexibility index (Phi) is 7.04. The van der Waals surface area contributed by atoms with E-state index < -0.39 is 0 Å². The molecule has 0 aliphatic heterocycles. The molecule has 2 aromatic heterocycles. The second kappa shape index (κ2) is 12.2. The summed E-state index contributed by atoms with van der Waals surface area (Å²) in [6.45, 7) is 0. The molecule has 2 nitrogen and oxygen atoms in total. The number of thiophene rings is 1. The van der Waals surface area contributed by atoms with Crippen LogP contribution in [0.3, 0.4) is 0 Å². The normalized spacial score (nSPS) is 11.5. The van der Waals surface area contributed by atoms with Crippen LogP contribution in [-0.2, 0) is 0 Å². The molecule has 3 heteroatoms. The fourth-order valence-corrected chi connectivity index (χ4v) is 8.62. The molecular weight excluding hydrogens is 637 g/mol. The number of nitrogens with zero attached hydrogens (tertiary/aromatic N) is 2. The van der Waals surface area contributed by atoms with Gasteiger partial charge in [-0.15, -0.1) is 11.3 Å². The number of aromatic nitrogens is 2. The first-order valence-corrected chi connectivity index (χ1v) is 18.1. The Balaban J connectivity index is 1.24. The highest BCUT2D eigenvalue weighted by Crippen LogP contribution is 2.46. The first-order valence-electron chi connectivity index (χ1n) is 17.2. The average Bonchev–Trinajstić information content (AvgIpc) is 3.61. The molecule has 0 aliphatic carbocycles. The van der Waals surface area contributed by atoms with Crippen molar-refractivity contribution in [3.05, 3.63) is 182 Å². The Morgan fingerprint density at radius 3 is 1.73 bits per heavy atom. The van der Waals surface area contributed by atoms with Crippen LogP contribution in [-0.4, -0.2) is 9.97 Å². The third kappa shape index (κ3) is 5.18. The molecule has 0 spiro atoms. The molecule has 0 fully saturated rings. The fraction of sp³-hybridized carbons (Fsp3) is 0. The van der Waals surface area contributed by atoms with Gasteiger partial charge in [0.2, 0.25) is 0 Å². The predicted molar refractivity (Wildman–Crippen MR) is 217 cm³/mol. The number of benzene rings is 8. The van der Waals surface area contributed by atoms with Gasteiger partial charge in [0, 0.05) is 42.2 Å². The van der Waals surface area contributed by atoms with Gasteiger partial charge in [0.1, 0.15) is 0 Å². The summed E-state index contributed by atoms with van der Waals surface area (Å²) in [5, 5.41) is 7.35. The minimum atomic E-state index is 0.724. The Hall–Kier alpha value is -6.42. The van der Waals surface area contributed by atoms with Crippen molar-refractivity contribution in [3.63, 3.8) is 0 Å². The van der Waals surface area contributed by atoms with Crippen molar-refractivity contribution < 1.29 is 0 Å². The molecule has 0 unspecified atom stereocenters. The molecule has 0 bridgehead atoms. The van der Waals surface area contributed by atoms with E-state index in [1.807, 2.05) is 17.4 Å². The smallest absolute Gasteiger partial charge is 0.161 e.